The number of aryl methyl sites for hydroxylation is 1. The van der Waals surface area contributed by atoms with Gasteiger partial charge in [0.2, 0.25) is 5.91 Å². The van der Waals surface area contributed by atoms with Crippen molar-refractivity contribution in [1.82, 2.24) is 10.6 Å². The molecule has 2 aromatic rings. The third-order valence-corrected chi connectivity index (χ3v) is 6.08. The molecule has 0 aromatic heterocycles. The van der Waals surface area contributed by atoms with Crippen LogP contribution in [-0.4, -0.2) is 52.8 Å². The minimum atomic E-state index is -3.84. The number of carbonyl (C=O) groups excluding carboxylic acids is 2. The fourth-order valence-electron chi connectivity index (χ4n) is 2.86. The van der Waals surface area contributed by atoms with Crippen molar-refractivity contribution >= 4 is 22.1 Å². The van der Waals surface area contributed by atoms with Crippen LogP contribution in [0.1, 0.15) is 25.0 Å². The zero-order valence-electron chi connectivity index (χ0n) is 19.7. The summed E-state index contributed by atoms with van der Waals surface area (Å²) in [5.74, 6) is -0.529. The summed E-state index contributed by atoms with van der Waals surface area (Å²) in [6, 6.07) is 14.8. The van der Waals surface area contributed by atoms with E-state index in [-0.39, 0.29) is 49.7 Å². The Balaban J connectivity index is 1.65. The zero-order valence-corrected chi connectivity index (χ0v) is 20.5. The molecule has 34 heavy (non-hydrogen) atoms. The minimum absolute atomic E-state index is 0.0403. The van der Waals surface area contributed by atoms with E-state index in [0.717, 1.165) is 11.1 Å². The Labute approximate surface area is 200 Å². The molecule has 0 bridgehead atoms. The van der Waals surface area contributed by atoms with Crippen molar-refractivity contribution in [2.75, 3.05) is 26.4 Å². The molecule has 0 aliphatic heterocycles. The van der Waals surface area contributed by atoms with Crippen LogP contribution in [0.4, 0.5) is 4.79 Å². The molecule has 9 nitrogen and oxygen atoms in total. The van der Waals surface area contributed by atoms with Crippen LogP contribution >= 0.6 is 0 Å². The lowest BCUT2D eigenvalue weighted by Gasteiger charge is -2.21. The van der Waals surface area contributed by atoms with Crippen molar-refractivity contribution in [3.63, 3.8) is 0 Å². The van der Waals surface area contributed by atoms with Crippen molar-refractivity contribution in [2.45, 2.75) is 38.3 Å². The molecular formula is C24H32N2O7S. The number of benzene rings is 2. The third-order valence-electron chi connectivity index (χ3n) is 4.76. The molecule has 0 aliphatic rings. The summed E-state index contributed by atoms with van der Waals surface area (Å²) >= 11 is 0. The first-order valence-electron chi connectivity index (χ1n) is 11.0. The summed E-state index contributed by atoms with van der Waals surface area (Å²) in [4.78, 5) is 24.6. The van der Waals surface area contributed by atoms with E-state index in [0.29, 0.717) is 0 Å². The highest BCUT2D eigenvalue weighted by molar-refractivity contribution is 7.86. The first kappa shape index (κ1) is 27.3. The molecule has 0 fully saturated rings. The molecule has 0 saturated carbocycles. The van der Waals surface area contributed by atoms with Gasteiger partial charge in [-0.05, 0) is 30.5 Å². The van der Waals surface area contributed by atoms with Crippen molar-refractivity contribution < 1.29 is 31.7 Å². The molecule has 2 amide bonds. The van der Waals surface area contributed by atoms with Crippen molar-refractivity contribution in [1.29, 1.82) is 0 Å². The standard InChI is InChI=1S/C24H32N2O7S/c1-18(2)22(26-24(28)32-17-20-7-5-4-6-8-20)23(27)25-13-14-31-15-16-33-34(29,30)21-11-9-19(3)10-12-21/h4-12,18,22H,13-17H2,1-3H3,(H,25,27)(H,26,28)/t22-/m0/s1. The topological polar surface area (TPSA) is 120 Å². The molecule has 0 radical (unpaired) electrons. The van der Waals surface area contributed by atoms with Gasteiger partial charge in [-0.15, -0.1) is 0 Å². The molecule has 2 rings (SSSR count). The van der Waals surface area contributed by atoms with Crippen LogP contribution in [-0.2, 0) is 35.2 Å². The summed E-state index contributed by atoms with van der Waals surface area (Å²) in [7, 11) is -3.84. The first-order chi connectivity index (χ1) is 16.2. The lowest BCUT2D eigenvalue weighted by atomic mass is 10.0. The number of ether oxygens (including phenoxy) is 2. The molecule has 0 saturated heterocycles. The van der Waals surface area contributed by atoms with E-state index in [4.69, 9.17) is 13.7 Å². The van der Waals surface area contributed by atoms with E-state index >= 15 is 0 Å². The van der Waals surface area contributed by atoms with E-state index in [1.807, 2.05) is 51.1 Å². The maximum atomic E-state index is 12.5. The van der Waals surface area contributed by atoms with E-state index in [2.05, 4.69) is 10.6 Å². The van der Waals surface area contributed by atoms with Gasteiger partial charge in [0.25, 0.3) is 10.1 Å². The molecule has 0 spiro atoms. The van der Waals surface area contributed by atoms with Crippen LogP contribution in [0, 0.1) is 12.8 Å². The Bertz CT molecular complexity index is 1010. The zero-order chi connectivity index (χ0) is 25.0. The molecule has 186 valence electrons. The Morgan fingerprint density at radius 3 is 2.26 bits per heavy atom. The Morgan fingerprint density at radius 2 is 1.62 bits per heavy atom. The van der Waals surface area contributed by atoms with Crippen LogP contribution in [0.15, 0.2) is 59.5 Å². The number of hydrogen-bond donors (Lipinski definition) is 2. The first-order valence-corrected chi connectivity index (χ1v) is 12.4. The normalized spacial score (nSPS) is 12.2. The molecule has 2 aromatic carbocycles. The minimum Gasteiger partial charge on any atom is -0.445 e. The smallest absolute Gasteiger partial charge is 0.408 e. The predicted molar refractivity (Wildman–Crippen MR) is 127 cm³/mol. The monoisotopic (exact) mass is 492 g/mol. The summed E-state index contributed by atoms with van der Waals surface area (Å²) < 4.78 is 39.6. The van der Waals surface area contributed by atoms with Gasteiger partial charge in [-0.25, -0.2) is 4.79 Å². The van der Waals surface area contributed by atoms with Gasteiger partial charge in [-0.3, -0.25) is 8.98 Å². The summed E-state index contributed by atoms with van der Waals surface area (Å²) in [6.07, 6.45) is -0.680. The number of nitrogens with one attached hydrogen (secondary N) is 2. The lowest BCUT2D eigenvalue weighted by molar-refractivity contribution is -0.124. The highest BCUT2D eigenvalue weighted by Gasteiger charge is 2.24. The van der Waals surface area contributed by atoms with E-state index in [9.17, 15) is 18.0 Å². The average Bonchev–Trinajstić information content (AvgIpc) is 2.81. The largest absolute Gasteiger partial charge is 0.445 e. The van der Waals surface area contributed by atoms with Crippen LogP contribution in [0.2, 0.25) is 0 Å². The fraction of sp³-hybridized carbons (Fsp3) is 0.417. The highest BCUT2D eigenvalue weighted by Crippen LogP contribution is 2.13. The van der Waals surface area contributed by atoms with E-state index in [1.54, 1.807) is 12.1 Å². The van der Waals surface area contributed by atoms with Crippen LogP contribution < -0.4 is 10.6 Å². The number of alkyl carbamates (subject to hydrolysis) is 1. The number of hydrogen-bond acceptors (Lipinski definition) is 7. The third kappa shape index (κ3) is 9.50. The van der Waals surface area contributed by atoms with E-state index in [1.165, 1.54) is 12.1 Å². The number of amides is 2. The van der Waals surface area contributed by atoms with Crippen molar-refractivity contribution in [3.8, 4) is 0 Å². The SMILES string of the molecule is Cc1ccc(S(=O)(=O)OCCOCCNC(=O)[C@@H](NC(=O)OCc2ccccc2)C(C)C)cc1. The second kappa shape index (κ2) is 13.7. The van der Waals surface area contributed by atoms with Crippen LogP contribution in [0.5, 0.6) is 0 Å². The molecule has 2 N–H and O–H groups in total. The van der Waals surface area contributed by atoms with Crippen LogP contribution in [0.3, 0.4) is 0 Å². The molecule has 1 atom stereocenters. The molecule has 0 heterocycles. The van der Waals surface area contributed by atoms with Crippen molar-refractivity contribution in [3.05, 3.63) is 65.7 Å². The van der Waals surface area contributed by atoms with E-state index < -0.39 is 22.3 Å². The highest BCUT2D eigenvalue weighted by atomic mass is 32.2. The van der Waals surface area contributed by atoms with Crippen molar-refractivity contribution in [2.24, 2.45) is 5.92 Å². The van der Waals surface area contributed by atoms with Crippen LogP contribution in [0.25, 0.3) is 0 Å². The van der Waals surface area contributed by atoms with Gasteiger partial charge in [0.1, 0.15) is 12.6 Å². The maximum absolute atomic E-state index is 12.5. The summed E-state index contributed by atoms with van der Waals surface area (Å²) in [6.45, 7) is 5.83. The quantitative estimate of drug-likeness (QED) is 0.326. The van der Waals surface area contributed by atoms with Gasteiger partial charge < -0.3 is 20.1 Å². The predicted octanol–water partition coefficient (Wildman–Crippen LogP) is 2.78. The molecule has 0 unspecified atom stereocenters. The van der Waals surface area contributed by atoms with Gasteiger partial charge >= 0.3 is 6.09 Å². The van der Waals surface area contributed by atoms with Gasteiger partial charge in [-0.2, -0.15) is 8.42 Å². The van der Waals surface area contributed by atoms with Gasteiger partial charge in [0, 0.05) is 6.54 Å². The second-order valence-electron chi connectivity index (χ2n) is 7.92. The average molecular weight is 493 g/mol. The summed E-state index contributed by atoms with van der Waals surface area (Å²) in [5, 5.41) is 5.27. The van der Waals surface area contributed by atoms with Gasteiger partial charge in [-0.1, -0.05) is 61.9 Å². The Morgan fingerprint density at radius 1 is 0.941 bits per heavy atom. The Kier molecular flexibility index (Phi) is 11.0. The second-order valence-corrected chi connectivity index (χ2v) is 9.54. The summed E-state index contributed by atoms with van der Waals surface area (Å²) in [5.41, 5.74) is 1.79. The van der Waals surface area contributed by atoms with Gasteiger partial charge in [0.15, 0.2) is 0 Å². The Hall–Kier alpha value is -2.95. The lowest BCUT2D eigenvalue weighted by Crippen LogP contribution is -2.50. The number of carbonyl (C=O) groups is 2. The molecule has 0 aliphatic carbocycles. The fourth-order valence-corrected chi connectivity index (χ4v) is 3.75. The maximum Gasteiger partial charge on any atom is 0.408 e. The number of rotatable bonds is 13. The molecular weight excluding hydrogens is 460 g/mol. The molecule has 10 heteroatoms. The van der Waals surface area contributed by atoms with Gasteiger partial charge in [0.05, 0.1) is 24.7 Å².